The van der Waals surface area contributed by atoms with E-state index in [2.05, 4.69) is 34.9 Å². The summed E-state index contributed by atoms with van der Waals surface area (Å²) < 4.78 is 0. The summed E-state index contributed by atoms with van der Waals surface area (Å²) in [6.07, 6.45) is 2.66. The Labute approximate surface area is 96.3 Å². The highest BCUT2D eigenvalue weighted by Crippen LogP contribution is 2.18. The molecule has 1 unspecified atom stereocenters. The predicted molar refractivity (Wildman–Crippen MR) is 66.4 cm³/mol. The van der Waals surface area contributed by atoms with Gasteiger partial charge in [-0.15, -0.1) is 0 Å². The molecule has 2 heterocycles. The van der Waals surface area contributed by atoms with Crippen LogP contribution >= 0.6 is 11.3 Å². The lowest BCUT2D eigenvalue weighted by atomic mass is 10.1. The summed E-state index contributed by atoms with van der Waals surface area (Å²) in [7, 11) is 2.07. The quantitative estimate of drug-likeness (QED) is 0.847. The number of nitrogens with zero attached hydrogens (tertiary/aromatic N) is 1. The largest absolute Gasteiger partial charge is 0.316 e. The van der Waals surface area contributed by atoms with E-state index in [9.17, 15) is 0 Å². The van der Waals surface area contributed by atoms with E-state index in [1.165, 1.54) is 37.1 Å². The van der Waals surface area contributed by atoms with Crippen LogP contribution in [0.1, 0.15) is 24.0 Å². The van der Waals surface area contributed by atoms with Crippen LogP contribution in [0.4, 0.5) is 0 Å². The number of aryl methyl sites for hydroxylation is 1. The highest BCUT2D eigenvalue weighted by atomic mass is 32.1. The average molecular weight is 224 g/mol. The molecule has 3 heteroatoms. The molecule has 1 saturated heterocycles. The van der Waals surface area contributed by atoms with E-state index in [0.29, 0.717) is 6.04 Å². The first-order chi connectivity index (χ1) is 7.29. The Morgan fingerprint density at radius 1 is 1.53 bits per heavy atom. The summed E-state index contributed by atoms with van der Waals surface area (Å²) in [6.45, 7) is 5.80. The van der Waals surface area contributed by atoms with Crippen LogP contribution in [-0.4, -0.2) is 31.1 Å². The van der Waals surface area contributed by atoms with Crippen molar-refractivity contribution in [3.63, 3.8) is 0 Å². The van der Waals surface area contributed by atoms with Gasteiger partial charge < -0.3 is 5.32 Å². The number of rotatable bonds is 3. The van der Waals surface area contributed by atoms with Gasteiger partial charge in [0.1, 0.15) is 0 Å². The van der Waals surface area contributed by atoms with Crippen molar-refractivity contribution in [2.24, 2.45) is 0 Å². The Morgan fingerprint density at radius 2 is 2.40 bits per heavy atom. The molecular weight excluding hydrogens is 204 g/mol. The zero-order valence-electron chi connectivity index (χ0n) is 9.62. The van der Waals surface area contributed by atoms with Gasteiger partial charge in [-0.25, -0.2) is 0 Å². The molecule has 2 rings (SSSR count). The first-order valence-corrected chi connectivity index (χ1v) is 6.65. The second kappa shape index (κ2) is 5.10. The van der Waals surface area contributed by atoms with E-state index >= 15 is 0 Å². The molecule has 15 heavy (non-hydrogen) atoms. The number of hydrogen-bond donors (Lipinski definition) is 1. The number of likely N-dealkylation sites (tertiary alicyclic amines) is 1. The van der Waals surface area contributed by atoms with Gasteiger partial charge in [0.15, 0.2) is 0 Å². The molecule has 1 aromatic heterocycles. The highest BCUT2D eigenvalue weighted by molar-refractivity contribution is 7.08. The smallest absolute Gasteiger partial charge is 0.0245 e. The first kappa shape index (κ1) is 11.1. The van der Waals surface area contributed by atoms with Crippen molar-refractivity contribution in [3.8, 4) is 0 Å². The standard InChI is InChI=1S/C12H20N2S/c1-10-8-15-9-11(10)6-14-5-3-4-12(7-14)13-2/h8-9,12-13H,3-7H2,1-2H3. The van der Waals surface area contributed by atoms with Crippen molar-refractivity contribution < 1.29 is 0 Å². The van der Waals surface area contributed by atoms with Gasteiger partial charge >= 0.3 is 0 Å². The molecule has 0 aromatic carbocycles. The highest BCUT2D eigenvalue weighted by Gasteiger charge is 2.18. The number of piperidine rings is 1. The SMILES string of the molecule is CNC1CCCN(Cc2cscc2C)C1. The second-order valence-electron chi connectivity index (χ2n) is 4.44. The fourth-order valence-electron chi connectivity index (χ4n) is 2.22. The number of likely N-dealkylation sites (N-methyl/N-ethyl adjacent to an activating group) is 1. The van der Waals surface area contributed by atoms with Crippen LogP contribution in [0, 0.1) is 6.92 Å². The van der Waals surface area contributed by atoms with Gasteiger partial charge in [0.05, 0.1) is 0 Å². The van der Waals surface area contributed by atoms with Crippen LogP contribution in [0.15, 0.2) is 10.8 Å². The van der Waals surface area contributed by atoms with E-state index < -0.39 is 0 Å². The third kappa shape index (κ3) is 2.80. The van der Waals surface area contributed by atoms with Gasteiger partial charge in [-0.3, -0.25) is 4.90 Å². The lowest BCUT2D eigenvalue weighted by Gasteiger charge is -2.32. The van der Waals surface area contributed by atoms with Gasteiger partial charge in [0.2, 0.25) is 0 Å². The van der Waals surface area contributed by atoms with Crippen molar-refractivity contribution in [2.45, 2.75) is 32.4 Å². The van der Waals surface area contributed by atoms with Crippen LogP contribution in [0.3, 0.4) is 0 Å². The van der Waals surface area contributed by atoms with Crippen LogP contribution in [-0.2, 0) is 6.54 Å². The molecule has 0 bridgehead atoms. The minimum atomic E-state index is 0.692. The predicted octanol–water partition coefficient (Wildman–Crippen LogP) is 2.24. The molecule has 1 N–H and O–H groups in total. The molecule has 0 amide bonds. The Morgan fingerprint density at radius 3 is 3.07 bits per heavy atom. The summed E-state index contributed by atoms with van der Waals surface area (Å²) >= 11 is 1.82. The number of nitrogens with one attached hydrogen (secondary N) is 1. The van der Waals surface area contributed by atoms with Gasteiger partial charge in [-0.2, -0.15) is 11.3 Å². The van der Waals surface area contributed by atoms with Gasteiger partial charge in [-0.1, -0.05) is 0 Å². The zero-order valence-corrected chi connectivity index (χ0v) is 10.4. The van der Waals surface area contributed by atoms with Crippen molar-refractivity contribution in [3.05, 3.63) is 21.9 Å². The molecule has 1 atom stereocenters. The monoisotopic (exact) mass is 224 g/mol. The number of hydrogen-bond acceptors (Lipinski definition) is 3. The zero-order chi connectivity index (χ0) is 10.7. The molecule has 2 nitrogen and oxygen atoms in total. The third-order valence-corrected chi connectivity index (χ3v) is 4.18. The molecule has 0 aliphatic carbocycles. The van der Waals surface area contributed by atoms with Gasteiger partial charge in [-0.05, 0) is 55.2 Å². The summed E-state index contributed by atoms with van der Waals surface area (Å²) in [4.78, 5) is 2.57. The van der Waals surface area contributed by atoms with Crippen molar-refractivity contribution in [1.82, 2.24) is 10.2 Å². The fourth-order valence-corrected chi connectivity index (χ4v) is 3.07. The van der Waals surface area contributed by atoms with E-state index in [-0.39, 0.29) is 0 Å². The van der Waals surface area contributed by atoms with Crippen LogP contribution in [0.2, 0.25) is 0 Å². The molecular formula is C12H20N2S. The maximum atomic E-state index is 3.39. The van der Waals surface area contributed by atoms with E-state index in [4.69, 9.17) is 0 Å². The Bertz CT molecular complexity index is 308. The molecule has 84 valence electrons. The molecule has 0 spiro atoms. The summed E-state index contributed by atoms with van der Waals surface area (Å²) in [6, 6.07) is 0.692. The molecule has 1 aromatic rings. The minimum Gasteiger partial charge on any atom is -0.316 e. The Hall–Kier alpha value is -0.380. The van der Waals surface area contributed by atoms with Gasteiger partial charge in [0.25, 0.3) is 0 Å². The summed E-state index contributed by atoms with van der Waals surface area (Å²) in [5.74, 6) is 0. The summed E-state index contributed by atoms with van der Waals surface area (Å²) in [5.41, 5.74) is 2.96. The number of thiophene rings is 1. The van der Waals surface area contributed by atoms with Crippen LogP contribution in [0.25, 0.3) is 0 Å². The lowest BCUT2D eigenvalue weighted by molar-refractivity contribution is 0.188. The second-order valence-corrected chi connectivity index (χ2v) is 5.19. The maximum absolute atomic E-state index is 3.39. The van der Waals surface area contributed by atoms with Crippen molar-refractivity contribution in [2.75, 3.05) is 20.1 Å². The first-order valence-electron chi connectivity index (χ1n) is 5.71. The molecule has 1 fully saturated rings. The maximum Gasteiger partial charge on any atom is 0.0245 e. The molecule has 0 saturated carbocycles. The van der Waals surface area contributed by atoms with E-state index in [0.717, 1.165) is 6.54 Å². The third-order valence-electron chi connectivity index (χ3n) is 3.27. The molecule has 0 radical (unpaired) electrons. The van der Waals surface area contributed by atoms with Crippen LogP contribution < -0.4 is 5.32 Å². The topological polar surface area (TPSA) is 15.3 Å². The van der Waals surface area contributed by atoms with E-state index in [1.54, 1.807) is 0 Å². The Balaban J connectivity index is 1.92. The average Bonchev–Trinajstić information content (AvgIpc) is 2.65. The minimum absolute atomic E-state index is 0.692. The van der Waals surface area contributed by atoms with Crippen molar-refractivity contribution >= 4 is 11.3 Å². The molecule has 1 aliphatic rings. The van der Waals surface area contributed by atoms with Crippen molar-refractivity contribution in [1.29, 1.82) is 0 Å². The van der Waals surface area contributed by atoms with Crippen LogP contribution in [0.5, 0.6) is 0 Å². The van der Waals surface area contributed by atoms with Gasteiger partial charge in [0, 0.05) is 19.1 Å². The molecule has 1 aliphatic heterocycles. The van der Waals surface area contributed by atoms with E-state index in [1.807, 2.05) is 11.3 Å². The Kier molecular flexibility index (Phi) is 3.78. The summed E-state index contributed by atoms with van der Waals surface area (Å²) in [5, 5.41) is 7.92. The normalized spacial score (nSPS) is 23.2. The fraction of sp³-hybridized carbons (Fsp3) is 0.667. The lowest BCUT2D eigenvalue weighted by Crippen LogP contribution is -2.43.